The highest BCUT2D eigenvalue weighted by Crippen LogP contribution is 2.27. The van der Waals surface area contributed by atoms with Crippen LogP contribution in [0, 0.1) is 0 Å². The average molecular weight is 199 g/mol. The van der Waals surface area contributed by atoms with E-state index in [1.807, 2.05) is 6.07 Å². The molecule has 14 heavy (non-hydrogen) atoms. The molecule has 1 aromatic rings. The van der Waals surface area contributed by atoms with Gasteiger partial charge in [0.05, 0.1) is 7.11 Å². The van der Waals surface area contributed by atoms with Crippen LogP contribution in [0.2, 0.25) is 0 Å². The van der Waals surface area contributed by atoms with Crippen LogP contribution in [0.4, 0.5) is 4.39 Å². The summed E-state index contributed by atoms with van der Waals surface area (Å²) in [4.78, 5) is 0. The second-order valence-corrected chi connectivity index (χ2v) is 2.73. The van der Waals surface area contributed by atoms with Crippen molar-refractivity contribution in [2.24, 2.45) is 5.73 Å². The molecule has 1 rings (SSSR count). The van der Waals surface area contributed by atoms with Crippen molar-refractivity contribution in [3.05, 3.63) is 23.8 Å². The summed E-state index contributed by atoms with van der Waals surface area (Å²) in [5.74, 6) is 1.13. The minimum absolute atomic E-state index is 0.0400. The Morgan fingerprint density at radius 3 is 2.71 bits per heavy atom. The number of alkyl halides is 1. The monoisotopic (exact) mass is 199 g/mol. The Hall–Kier alpha value is -1.29. The van der Waals surface area contributed by atoms with E-state index in [2.05, 4.69) is 0 Å². The summed E-state index contributed by atoms with van der Waals surface area (Å²) in [7, 11) is 1.54. The van der Waals surface area contributed by atoms with Gasteiger partial charge < -0.3 is 15.2 Å². The number of methoxy groups -OCH3 is 1. The first-order valence-corrected chi connectivity index (χ1v) is 4.37. The van der Waals surface area contributed by atoms with Crippen molar-refractivity contribution in [3.63, 3.8) is 0 Å². The molecule has 4 heteroatoms. The highest BCUT2D eigenvalue weighted by Gasteiger charge is 2.04. The minimum atomic E-state index is -0.512. The van der Waals surface area contributed by atoms with Gasteiger partial charge in [-0.05, 0) is 17.7 Å². The molecule has 0 aliphatic rings. The van der Waals surface area contributed by atoms with Crippen LogP contribution in [0.5, 0.6) is 11.5 Å². The first kappa shape index (κ1) is 10.8. The molecule has 0 aliphatic carbocycles. The normalized spacial score (nSPS) is 9.93. The smallest absolute Gasteiger partial charge is 0.161 e. The van der Waals surface area contributed by atoms with Crippen LogP contribution in [0.15, 0.2) is 18.2 Å². The molecule has 0 spiro atoms. The Kier molecular flexibility index (Phi) is 4.19. The fourth-order valence-electron chi connectivity index (χ4n) is 1.11. The maximum absolute atomic E-state index is 11.9. The zero-order valence-corrected chi connectivity index (χ0v) is 8.13. The maximum atomic E-state index is 11.9. The summed E-state index contributed by atoms with van der Waals surface area (Å²) < 4.78 is 22.1. The molecule has 0 aliphatic heterocycles. The third-order valence-electron chi connectivity index (χ3n) is 1.80. The lowest BCUT2D eigenvalue weighted by molar-refractivity contribution is 0.260. The topological polar surface area (TPSA) is 44.5 Å². The second kappa shape index (κ2) is 5.44. The zero-order chi connectivity index (χ0) is 10.4. The van der Waals surface area contributed by atoms with Crippen molar-refractivity contribution >= 4 is 0 Å². The van der Waals surface area contributed by atoms with E-state index in [9.17, 15) is 4.39 Å². The molecular weight excluding hydrogens is 185 g/mol. The third kappa shape index (κ3) is 2.60. The largest absolute Gasteiger partial charge is 0.493 e. The first-order chi connectivity index (χ1) is 6.81. The second-order valence-electron chi connectivity index (χ2n) is 2.73. The minimum Gasteiger partial charge on any atom is -0.493 e. The number of rotatable bonds is 5. The van der Waals surface area contributed by atoms with E-state index < -0.39 is 6.67 Å². The molecule has 0 unspecified atom stereocenters. The Bertz CT molecular complexity index is 291. The summed E-state index contributed by atoms with van der Waals surface area (Å²) in [6.45, 7) is -0.0279. The number of halogens is 1. The Balaban J connectivity index is 2.82. The van der Waals surface area contributed by atoms with Gasteiger partial charge in [-0.15, -0.1) is 0 Å². The molecule has 78 valence electrons. The predicted octanol–water partition coefficient (Wildman–Crippen LogP) is 1.50. The van der Waals surface area contributed by atoms with Crippen molar-refractivity contribution < 1.29 is 13.9 Å². The molecule has 0 fully saturated rings. The SMILES string of the molecule is COc1cc(CN)ccc1OCCF. The van der Waals surface area contributed by atoms with Gasteiger partial charge in [0.25, 0.3) is 0 Å². The van der Waals surface area contributed by atoms with Gasteiger partial charge in [0, 0.05) is 6.54 Å². The van der Waals surface area contributed by atoms with Gasteiger partial charge in [0.1, 0.15) is 13.3 Å². The van der Waals surface area contributed by atoms with E-state index in [1.165, 1.54) is 7.11 Å². The molecule has 0 aromatic heterocycles. The molecular formula is C10H14FNO2. The maximum Gasteiger partial charge on any atom is 0.161 e. The van der Waals surface area contributed by atoms with Crippen molar-refractivity contribution in [1.82, 2.24) is 0 Å². The van der Waals surface area contributed by atoms with Crippen molar-refractivity contribution in [2.45, 2.75) is 6.54 Å². The summed E-state index contributed by atoms with van der Waals surface area (Å²) in [6.07, 6.45) is 0. The average Bonchev–Trinajstić information content (AvgIpc) is 2.26. The molecule has 3 nitrogen and oxygen atoms in total. The Morgan fingerprint density at radius 1 is 1.36 bits per heavy atom. The molecule has 0 amide bonds. The van der Waals surface area contributed by atoms with E-state index in [0.29, 0.717) is 18.0 Å². The van der Waals surface area contributed by atoms with Gasteiger partial charge in [-0.2, -0.15) is 0 Å². The fourth-order valence-corrected chi connectivity index (χ4v) is 1.11. The van der Waals surface area contributed by atoms with E-state index in [0.717, 1.165) is 5.56 Å². The van der Waals surface area contributed by atoms with Gasteiger partial charge in [-0.25, -0.2) is 4.39 Å². The molecule has 0 saturated carbocycles. The molecule has 1 aromatic carbocycles. The van der Waals surface area contributed by atoms with Crippen LogP contribution < -0.4 is 15.2 Å². The predicted molar refractivity (Wildman–Crippen MR) is 52.4 cm³/mol. The summed E-state index contributed by atoms with van der Waals surface area (Å²) in [6, 6.07) is 5.35. The standard InChI is InChI=1S/C10H14FNO2/c1-13-10-6-8(7-12)2-3-9(10)14-5-4-11/h2-3,6H,4-5,7,12H2,1H3. The lowest BCUT2D eigenvalue weighted by atomic mass is 10.2. The highest BCUT2D eigenvalue weighted by molar-refractivity contribution is 5.42. The number of benzene rings is 1. The van der Waals surface area contributed by atoms with Gasteiger partial charge in [0.2, 0.25) is 0 Å². The van der Waals surface area contributed by atoms with Crippen LogP contribution in [-0.4, -0.2) is 20.4 Å². The van der Waals surface area contributed by atoms with Crippen LogP contribution >= 0.6 is 0 Å². The van der Waals surface area contributed by atoms with Crippen LogP contribution in [-0.2, 0) is 6.54 Å². The number of hydrogen-bond acceptors (Lipinski definition) is 3. The van der Waals surface area contributed by atoms with Crippen LogP contribution in [0.1, 0.15) is 5.56 Å². The van der Waals surface area contributed by atoms with Gasteiger partial charge >= 0.3 is 0 Å². The van der Waals surface area contributed by atoms with E-state index in [1.54, 1.807) is 12.1 Å². The third-order valence-corrected chi connectivity index (χ3v) is 1.80. The zero-order valence-electron chi connectivity index (χ0n) is 8.13. The first-order valence-electron chi connectivity index (χ1n) is 4.37. The van der Waals surface area contributed by atoms with Crippen LogP contribution in [0.25, 0.3) is 0 Å². The fraction of sp³-hybridized carbons (Fsp3) is 0.400. The van der Waals surface area contributed by atoms with E-state index in [4.69, 9.17) is 15.2 Å². The molecule has 0 heterocycles. The molecule has 0 atom stereocenters. The summed E-state index contributed by atoms with van der Waals surface area (Å²) >= 11 is 0. The number of ether oxygens (including phenoxy) is 2. The lowest BCUT2D eigenvalue weighted by Crippen LogP contribution is -2.02. The molecule has 2 N–H and O–H groups in total. The quantitative estimate of drug-likeness (QED) is 0.781. The van der Waals surface area contributed by atoms with Gasteiger partial charge in [-0.1, -0.05) is 6.07 Å². The van der Waals surface area contributed by atoms with Crippen LogP contribution in [0.3, 0.4) is 0 Å². The van der Waals surface area contributed by atoms with Gasteiger partial charge in [-0.3, -0.25) is 0 Å². The summed E-state index contributed by atoms with van der Waals surface area (Å²) in [5.41, 5.74) is 6.42. The Labute approximate surface area is 82.6 Å². The number of nitrogens with two attached hydrogens (primary N) is 1. The van der Waals surface area contributed by atoms with Crippen molar-refractivity contribution in [2.75, 3.05) is 20.4 Å². The summed E-state index contributed by atoms with van der Waals surface area (Å²) in [5, 5.41) is 0. The lowest BCUT2D eigenvalue weighted by Gasteiger charge is -2.10. The Morgan fingerprint density at radius 2 is 2.14 bits per heavy atom. The van der Waals surface area contributed by atoms with Crippen molar-refractivity contribution in [1.29, 1.82) is 0 Å². The molecule has 0 radical (unpaired) electrons. The number of hydrogen-bond donors (Lipinski definition) is 1. The highest BCUT2D eigenvalue weighted by atomic mass is 19.1. The molecule has 0 saturated heterocycles. The molecule has 0 bridgehead atoms. The van der Waals surface area contributed by atoms with E-state index in [-0.39, 0.29) is 6.61 Å². The van der Waals surface area contributed by atoms with E-state index >= 15 is 0 Å². The van der Waals surface area contributed by atoms with Gasteiger partial charge in [0.15, 0.2) is 11.5 Å². The van der Waals surface area contributed by atoms with Crippen molar-refractivity contribution in [3.8, 4) is 11.5 Å².